The molecule has 0 aliphatic rings. The van der Waals surface area contributed by atoms with Gasteiger partial charge in [-0.25, -0.2) is 8.42 Å². The summed E-state index contributed by atoms with van der Waals surface area (Å²) in [6.07, 6.45) is -4.74. The van der Waals surface area contributed by atoms with Gasteiger partial charge in [0.2, 0.25) is 0 Å². The van der Waals surface area contributed by atoms with Gasteiger partial charge in [0, 0.05) is 5.69 Å². The molecule has 0 bridgehead atoms. The number of nitrogens with one attached hydrogen (secondary N) is 1. The number of benzene rings is 1. The SMILES string of the molecule is Nc1ccc(NS(=O)(=O)c2ccc(Cl)s2)c(C(F)(F)F)c1. The number of nitrogens with two attached hydrogens (primary N) is 1. The number of halogens is 4. The minimum atomic E-state index is -4.74. The zero-order chi connectivity index (χ0) is 15.8. The van der Waals surface area contributed by atoms with Crippen molar-refractivity contribution in [1.82, 2.24) is 0 Å². The van der Waals surface area contributed by atoms with Crippen LogP contribution in [0.15, 0.2) is 34.5 Å². The van der Waals surface area contributed by atoms with Crippen LogP contribution in [-0.2, 0) is 16.2 Å². The number of thiophene rings is 1. The van der Waals surface area contributed by atoms with Gasteiger partial charge in [0.25, 0.3) is 10.0 Å². The lowest BCUT2D eigenvalue weighted by molar-refractivity contribution is -0.136. The average Bonchev–Trinajstić information content (AvgIpc) is 2.77. The van der Waals surface area contributed by atoms with Crippen LogP contribution in [-0.4, -0.2) is 8.42 Å². The molecular weight excluding hydrogens is 349 g/mol. The lowest BCUT2D eigenvalue weighted by Crippen LogP contribution is -2.16. The van der Waals surface area contributed by atoms with E-state index < -0.39 is 27.5 Å². The second-order valence-electron chi connectivity index (χ2n) is 3.97. The lowest BCUT2D eigenvalue weighted by Gasteiger charge is -2.14. The summed E-state index contributed by atoms with van der Waals surface area (Å²) < 4.78 is 64.7. The van der Waals surface area contributed by atoms with E-state index >= 15 is 0 Å². The number of nitrogen functional groups attached to an aromatic ring is 1. The van der Waals surface area contributed by atoms with E-state index in [1.54, 1.807) is 0 Å². The molecule has 2 rings (SSSR count). The third-order valence-corrected chi connectivity index (χ3v) is 5.50. The summed E-state index contributed by atoms with van der Waals surface area (Å²) in [5.41, 5.74) is 3.43. The van der Waals surface area contributed by atoms with Crippen molar-refractivity contribution in [1.29, 1.82) is 0 Å². The molecule has 21 heavy (non-hydrogen) atoms. The van der Waals surface area contributed by atoms with Crippen molar-refractivity contribution in [3.63, 3.8) is 0 Å². The maximum Gasteiger partial charge on any atom is 0.418 e. The fourth-order valence-corrected chi connectivity index (χ4v) is 4.08. The van der Waals surface area contributed by atoms with Gasteiger partial charge < -0.3 is 5.73 Å². The summed E-state index contributed by atoms with van der Waals surface area (Å²) in [4.78, 5) is 0. The molecule has 0 saturated carbocycles. The quantitative estimate of drug-likeness (QED) is 0.821. The van der Waals surface area contributed by atoms with Crippen molar-refractivity contribution in [3.05, 3.63) is 40.2 Å². The van der Waals surface area contributed by atoms with Crippen LogP contribution in [0.2, 0.25) is 4.34 Å². The molecule has 0 aliphatic heterocycles. The molecule has 1 aromatic carbocycles. The van der Waals surface area contributed by atoms with Gasteiger partial charge in [0.05, 0.1) is 15.6 Å². The molecule has 0 aliphatic carbocycles. The predicted molar refractivity (Wildman–Crippen MR) is 76.0 cm³/mol. The first-order chi connectivity index (χ1) is 9.59. The number of hydrogen-bond donors (Lipinski definition) is 2. The molecule has 0 atom stereocenters. The highest BCUT2D eigenvalue weighted by Gasteiger charge is 2.35. The smallest absolute Gasteiger partial charge is 0.399 e. The van der Waals surface area contributed by atoms with E-state index in [-0.39, 0.29) is 14.2 Å². The number of alkyl halides is 3. The van der Waals surface area contributed by atoms with Crippen molar-refractivity contribution < 1.29 is 21.6 Å². The molecule has 1 aromatic heterocycles. The molecule has 10 heteroatoms. The number of sulfonamides is 1. The van der Waals surface area contributed by atoms with Crippen LogP contribution in [0, 0.1) is 0 Å². The topological polar surface area (TPSA) is 72.2 Å². The molecule has 0 saturated heterocycles. The Hall–Kier alpha value is -1.45. The molecule has 4 nitrogen and oxygen atoms in total. The molecule has 2 aromatic rings. The third-order valence-electron chi connectivity index (χ3n) is 2.41. The van der Waals surface area contributed by atoms with Gasteiger partial charge in [0.1, 0.15) is 4.21 Å². The number of rotatable bonds is 3. The van der Waals surface area contributed by atoms with Crippen LogP contribution in [0.5, 0.6) is 0 Å². The highest BCUT2D eigenvalue weighted by Crippen LogP contribution is 2.37. The van der Waals surface area contributed by atoms with Crippen molar-refractivity contribution in [3.8, 4) is 0 Å². The summed E-state index contributed by atoms with van der Waals surface area (Å²) in [5.74, 6) is 0. The molecule has 0 spiro atoms. The van der Waals surface area contributed by atoms with Crippen molar-refractivity contribution in [2.75, 3.05) is 10.5 Å². The van der Waals surface area contributed by atoms with Crippen LogP contribution in [0.1, 0.15) is 5.56 Å². The maximum atomic E-state index is 12.9. The zero-order valence-corrected chi connectivity index (χ0v) is 12.5. The highest BCUT2D eigenvalue weighted by molar-refractivity contribution is 7.94. The van der Waals surface area contributed by atoms with E-state index in [1.807, 2.05) is 4.72 Å². The largest absolute Gasteiger partial charge is 0.418 e. The highest BCUT2D eigenvalue weighted by atomic mass is 35.5. The van der Waals surface area contributed by atoms with Gasteiger partial charge in [-0.05, 0) is 30.3 Å². The van der Waals surface area contributed by atoms with E-state index in [4.69, 9.17) is 17.3 Å². The lowest BCUT2D eigenvalue weighted by atomic mass is 10.1. The van der Waals surface area contributed by atoms with Crippen LogP contribution in [0.25, 0.3) is 0 Å². The first kappa shape index (κ1) is 15.9. The standard InChI is InChI=1S/C11H8ClF3N2O2S2/c12-9-3-4-10(20-9)21(18,19)17-8-2-1-6(16)5-7(8)11(13,14)15/h1-5,17H,16H2. The average molecular weight is 357 g/mol. The molecule has 3 N–H and O–H groups in total. The van der Waals surface area contributed by atoms with E-state index in [1.165, 1.54) is 18.2 Å². The van der Waals surface area contributed by atoms with Gasteiger partial charge in [-0.15, -0.1) is 11.3 Å². The van der Waals surface area contributed by atoms with Gasteiger partial charge in [-0.1, -0.05) is 11.6 Å². The van der Waals surface area contributed by atoms with Crippen molar-refractivity contribution in [2.24, 2.45) is 0 Å². The van der Waals surface area contributed by atoms with Crippen molar-refractivity contribution >= 4 is 44.3 Å². The fraction of sp³-hybridized carbons (Fsp3) is 0.0909. The Morgan fingerprint density at radius 2 is 1.86 bits per heavy atom. The molecule has 0 fully saturated rings. The Labute approximate surface area is 127 Å². The fourth-order valence-electron chi connectivity index (χ4n) is 1.52. The minimum absolute atomic E-state index is 0.121. The summed E-state index contributed by atoms with van der Waals surface area (Å²) in [5, 5.41) is 0. The van der Waals surface area contributed by atoms with E-state index in [0.29, 0.717) is 6.07 Å². The minimum Gasteiger partial charge on any atom is -0.399 e. The monoisotopic (exact) mass is 356 g/mol. The zero-order valence-electron chi connectivity index (χ0n) is 10.1. The van der Waals surface area contributed by atoms with Gasteiger partial charge in [-0.3, -0.25) is 4.72 Å². The summed E-state index contributed by atoms with van der Waals surface area (Å²) >= 11 is 6.36. The normalized spacial score (nSPS) is 12.4. The first-order valence-electron chi connectivity index (χ1n) is 5.34. The van der Waals surface area contributed by atoms with Crippen molar-refractivity contribution in [2.45, 2.75) is 10.4 Å². The second-order valence-corrected chi connectivity index (χ2v) is 7.59. The summed E-state index contributed by atoms with van der Waals surface area (Å²) in [7, 11) is -4.14. The summed E-state index contributed by atoms with van der Waals surface area (Å²) in [6, 6.07) is 5.35. The molecule has 0 unspecified atom stereocenters. The number of hydrogen-bond acceptors (Lipinski definition) is 4. The van der Waals surface area contributed by atoms with Crippen LogP contribution in [0.4, 0.5) is 24.5 Å². The Morgan fingerprint density at radius 1 is 1.19 bits per heavy atom. The van der Waals surface area contributed by atoms with E-state index in [0.717, 1.165) is 17.4 Å². The van der Waals surface area contributed by atoms with Crippen LogP contribution >= 0.6 is 22.9 Å². The van der Waals surface area contributed by atoms with Gasteiger partial charge in [0.15, 0.2) is 0 Å². The maximum absolute atomic E-state index is 12.9. The van der Waals surface area contributed by atoms with E-state index in [2.05, 4.69) is 0 Å². The van der Waals surface area contributed by atoms with Gasteiger partial charge >= 0.3 is 6.18 Å². The van der Waals surface area contributed by atoms with Crippen LogP contribution in [0.3, 0.4) is 0 Å². The molecule has 0 radical (unpaired) electrons. The predicted octanol–water partition coefficient (Wildman–Crippen LogP) is 3.80. The molecule has 1 heterocycles. The second kappa shape index (κ2) is 5.39. The molecular formula is C11H8ClF3N2O2S2. The Morgan fingerprint density at radius 3 is 2.38 bits per heavy atom. The Bertz CT molecular complexity index is 772. The molecule has 0 amide bonds. The van der Waals surface area contributed by atoms with Crippen LogP contribution < -0.4 is 10.5 Å². The first-order valence-corrected chi connectivity index (χ1v) is 8.02. The van der Waals surface area contributed by atoms with E-state index in [9.17, 15) is 21.6 Å². The van der Waals surface area contributed by atoms with Gasteiger partial charge in [-0.2, -0.15) is 13.2 Å². The Kier molecular flexibility index (Phi) is 4.09. The number of anilines is 2. The third kappa shape index (κ3) is 3.60. The Balaban J connectivity index is 2.45. The molecule has 114 valence electrons. The summed E-state index contributed by atoms with van der Waals surface area (Å²) in [6.45, 7) is 0.